The molecule has 1 aliphatic carbocycles. The number of nitrogens with zero attached hydrogens (tertiary/aromatic N) is 1. The first-order valence-corrected chi connectivity index (χ1v) is 7.81. The number of aliphatic carboxylic acids is 1. The van der Waals surface area contributed by atoms with Crippen LogP contribution in [0.3, 0.4) is 0 Å². The Hall–Kier alpha value is -1.01. The molecule has 98 valence electrons. The number of thioether (sulfide) groups is 1. The largest absolute Gasteiger partial charge is 0.480 e. The van der Waals surface area contributed by atoms with E-state index in [9.17, 15) is 9.59 Å². The van der Waals surface area contributed by atoms with Gasteiger partial charge in [0.1, 0.15) is 6.54 Å². The number of hydrogen-bond donors (Lipinski definition) is 1. The van der Waals surface area contributed by atoms with Crippen molar-refractivity contribution >= 4 is 35.0 Å². The Labute approximate surface area is 114 Å². The first-order chi connectivity index (χ1) is 8.66. The number of carbonyl (C=O) groups excluding carboxylic acids is 1. The molecule has 1 fully saturated rings. The summed E-state index contributed by atoms with van der Waals surface area (Å²) in [6.07, 6.45) is 1.88. The van der Waals surface area contributed by atoms with Crippen LogP contribution in [0.1, 0.15) is 17.7 Å². The van der Waals surface area contributed by atoms with Gasteiger partial charge in [0.2, 0.25) is 5.91 Å². The quantitative estimate of drug-likeness (QED) is 0.833. The van der Waals surface area contributed by atoms with E-state index >= 15 is 0 Å². The molecule has 1 saturated carbocycles. The van der Waals surface area contributed by atoms with E-state index in [1.807, 2.05) is 17.5 Å². The first kappa shape index (κ1) is 13.4. The molecule has 0 bridgehead atoms. The lowest BCUT2D eigenvalue weighted by atomic mass is 10.4. The Morgan fingerprint density at radius 2 is 2.28 bits per heavy atom. The van der Waals surface area contributed by atoms with E-state index in [-0.39, 0.29) is 18.5 Å². The van der Waals surface area contributed by atoms with Crippen molar-refractivity contribution < 1.29 is 14.7 Å². The predicted octanol–water partition coefficient (Wildman–Crippen LogP) is 2.06. The normalized spacial score (nSPS) is 14.4. The summed E-state index contributed by atoms with van der Waals surface area (Å²) in [5.41, 5.74) is 0. The molecule has 1 heterocycles. The van der Waals surface area contributed by atoms with Gasteiger partial charge in [0.15, 0.2) is 0 Å². The molecule has 1 aromatic rings. The standard InChI is InChI=1S/C12H15NO3S2/c14-11(8-17-7-10-2-1-5-18-10)13(6-12(15)16)9-3-4-9/h1-2,5,9H,3-4,6-8H2,(H,15,16). The van der Waals surface area contributed by atoms with Crippen LogP contribution in [0.4, 0.5) is 0 Å². The van der Waals surface area contributed by atoms with Gasteiger partial charge in [-0.05, 0) is 24.3 Å². The van der Waals surface area contributed by atoms with Crippen molar-refractivity contribution in [1.82, 2.24) is 4.90 Å². The third kappa shape index (κ3) is 4.03. The maximum absolute atomic E-state index is 11.9. The summed E-state index contributed by atoms with van der Waals surface area (Å²) in [5.74, 6) is 0.191. The van der Waals surface area contributed by atoms with E-state index in [0.29, 0.717) is 5.75 Å². The van der Waals surface area contributed by atoms with E-state index < -0.39 is 5.97 Å². The Kier molecular flexibility index (Phi) is 4.66. The zero-order valence-corrected chi connectivity index (χ0v) is 11.5. The molecule has 0 saturated heterocycles. The number of hydrogen-bond acceptors (Lipinski definition) is 4. The van der Waals surface area contributed by atoms with Crippen LogP contribution in [0.25, 0.3) is 0 Å². The van der Waals surface area contributed by atoms with Crippen LogP contribution in [0, 0.1) is 0 Å². The molecule has 0 atom stereocenters. The highest BCUT2D eigenvalue weighted by Gasteiger charge is 2.33. The first-order valence-electron chi connectivity index (χ1n) is 5.78. The Morgan fingerprint density at radius 3 is 2.83 bits per heavy atom. The molecule has 6 heteroatoms. The second-order valence-corrected chi connectivity index (χ2v) is 6.24. The maximum atomic E-state index is 11.9. The Morgan fingerprint density at radius 1 is 1.50 bits per heavy atom. The minimum Gasteiger partial charge on any atom is -0.480 e. The van der Waals surface area contributed by atoms with Gasteiger partial charge in [0, 0.05) is 16.7 Å². The lowest BCUT2D eigenvalue weighted by molar-refractivity contribution is -0.143. The molecule has 18 heavy (non-hydrogen) atoms. The van der Waals surface area contributed by atoms with E-state index in [2.05, 4.69) is 0 Å². The van der Waals surface area contributed by atoms with E-state index in [1.165, 1.54) is 9.78 Å². The van der Waals surface area contributed by atoms with Crippen molar-refractivity contribution in [3.8, 4) is 0 Å². The molecule has 0 spiro atoms. The van der Waals surface area contributed by atoms with E-state index in [4.69, 9.17) is 5.11 Å². The van der Waals surface area contributed by atoms with Crippen LogP contribution in [0.5, 0.6) is 0 Å². The fourth-order valence-electron chi connectivity index (χ4n) is 1.67. The highest BCUT2D eigenvalue weighted by atomic mass is 32.2. The molecule has 4 nitrogen and oxygen atoms in total. The minimum absolute atomic E-state index is 0.0542. The molecule has 1 aromatic heterocycles. The second-order valence-electron chi connectivity index (χ2n) is 4.22. The predicted molar refractivity (Wildman–Crippen MR) is 72.9 cm³/mol. The van der Waals surface area contributed by atoms with Crippen LogP contribution in [-0.4, -0.2) is 40.2 Å². The van der Waals surface area contributed by atoms with Crippen LogP contribution >= 0.6 is 23.1 Å². The fourth-order valence-corrected chi connectivity index (χ4v) is 3.42. The smallest absolute Gasteiger partial charge is 0.323 e. The number of carbonyl (C=O) groups is 2. The molecule has 1 amide bonds. The number of carboxylic acids is 1. The molecule has 2 rings (SSSR count). The van der Waals surface area contributed by atoms with Crippen LogP contribution in [-0.2, 0) is 15.3 Å². The SMILES string of the molecule is O=C(O)CN(C(=O)CSCc1cccs1)C1CC1. The molecule has 1 N–H and O–H groups in total. The van der Waals surface area contributed by atoms with Crippen molar-refractivity contribution in [3.05, 3.63) is 22.4 Å². The molecular formula is C12H15NO3S2. The summed E-state index contributed by atoms with van der Waals surface area (Å²) in [6.45, 7) is -0.164. The molecule has 0 aliphatic heterocycles. The summed E-state index contributed by atoms with van der Waals surface area (Å²) in [4.78, 5) is 25.4. The summed E-state index contributed by atoms with van der Waals surface area (Å²) < 4.78 is 0. The van der Waals surface area contributed by atoms with Gasteiger partial charge in [-0.15, -0.1) is 23.1 Å². The van der Waals surface area contributed by atoms with Gasteiger partial charge in [-0.3, -0.25) is 9.59 Å². The fraction of sp³-hybridized carbons (Fsp3) is 0.500. The Bertz CT molecular complexity index is 415. The van der Waals surface area contributed by atoms with Gasteiger partial charge < -0.3 is 10.0 Å². The van der Waals surface area contributed by atoms with E-state index in [1.54, 1.807) is 23.1 Å². The topological polar surface area (TPSA) is 57.6 Å². The summed E-state index contributed by atoms with van der Waals surface area (Å²) in [5, 5.41) is 10.8. The van der Waals surface area contributed by atoms with Gasteiger partial charge in [0.05, 0.1) is 5.75 Å². The number of rotatable bonds is 7. The van der Waals surface area contributed by atoms with Crippen molar-refractivity contribution in [2.24, 2.45) is 0 Å². The highest BCUT2D eigenvalue weighted by Crippen LogP contribution is 2.27. The van der Waals surface area contributed by atoms with E-state index in [0.717, 1.165) is 18.6 Å². The lowest BCUT2D eigenvalue weighted by Crippen LogP contribution is -2.38. The van der Waals surface area contributed by atoms with Crippen LogP contribution < -0.4 is 0 Å². The van der Waals surface area contributed by atoms with Crippen molar-refractivity contribution in [2.75, 3.05) is 12.3 Å². The third-order valence-corrected chi connectivity index (χ3v) is 4.69. The van der Waals surface area contributed by atoms with Gasteiger partial charge >= 0.3 is 5.97 Å². The third-order valence-electron chi connectivity index (χ3n) is 2.66. The van der Waals surface area contributed by atoms with Crippen molar-refractivity contribution in [2.45, 2.75) is 24.6 Å². The number of thiophene rings is 1. The van der Waals surface area contributed by atoms with Crippen molar-refractivity contribution in [1.29, 1.82) is 0 Å². The Balaban J connectivity index is 1.76. The summed E-state index contributed by atoms with van der Waals surface area (Å²) >= 11 is 3.22. The minimum atomic E-state index is -0.932. The molecule has 0 aromatic carbocycles. The zero-order chi connectivity index (χ0) is 13.0. The average Bonchev–Trinajstić information content (AvgIpc) is 3.03. The van der Waals surface area contributed by atoms with Gasteiger partial charge in [-0.1, -0.05) is 6.07 Å². The van der Waals surface area contributed by atoms with Crippen molar-refractivity contribution in [3.63, 3.8) is 0 Å². The van der Waals surface area contributed by atoms with Gasteiger partial charge in [0.25, 0.3) is 0 Å². The number of carboxylic acid groups (broad SMARTS) is 1. The number of amides is 1. The monoisotopic (exact) mass is 285 g/mol. The second kappa shape index (κ2) is 6.24. The van der Waals surface area contributed by atoms with Gasteiger partial charge in [-0.2, -0.15) is 0 Å². The molecule has 1 aliphatic rings. The molecule has 0 unspecified atom stereocenters. The summed E-state index contributed by atoms with van der Waals surface area (Å²) in [6, 6.07) is 4.19. The zero-order valence-electron chi connectivity index (χ0n) is 9.87. The average molecular weight is 285 g/mol. The van der Waals surface area contributed by atoms with Crippen LogP contribution in [0.2, 0.25) is 0 Å². The molecular weight excluding hydrogens is 270 g/mol. The highest BCUT2D eigenvalue weighted by molar-refractivity contribution is 7.99. The maximum Gasteiger partial charge on any atom is 0.323 e. The molecule has 0 radical (unpaired) electrons. The summed E-state index contributed by atoms with van der Waals surface area (Å²) in [7, 11) is 0. The van der Waals surface area contributed by atoms with Crippen LogP contribution in [0.15, 0.2) is 17.5 Å². The lowest BCUT2D eigenvalue weighted by Gasteiger charge is -2.19. The van der Waals surface area contributed by atoms with Gasteiger partial charge in [-0.25, -0.2) is 0 Å².